The van der Waals surface area contributed by atoms with Crippen molar-refractivity contribution in [1.82, 2.24) is 20.6 Å². The Bertz CT molecular complexity index is 989. The molecule has 3 N–H and O–H groups in total. The van der Waals surface area contributed by atoms with Crippen molar-refractivity contribution in [3.05, 3.63) is 65.6 Å². The molecule has 4 rings (SSSR count). The molecule has 28 heavy (non-hydrogen) atoms. The van der Waals surface area contributed by atoms with E-state index < -0.39 is 0 Å². The molecule has 0 unspecified atom stereocenters. The van der Waals surface area contributed by atoms with E-state index in [2.05, 4.69) is 26.7 Å². The summed E-state index contributed by atoms with van der Waals surface area (Å²) in [5.74, 6) is -0.379. The van der Waals surface area contributed by atoms with Gasteiger partial charge in [0.1, 0.15) is 0 Å². The first kappa shape index (κ1) is 18.2. The molecule has 2 amide bonds. The van der Waals surface area contributed by atoms with Crippen molar-refractivity contribution in [3.8, 4) is 0 Å². The van der Waals surface area contributed by atoms with Crippen LogP contribution >= 0.6 is 0 Å². The normalized spacial score (nSPS) is 14.3. The number of nitrogens with one attached hydrogen (secondary N) is 3. The zero-order chi connectivity index (χ0) is 19.3. The molecule has 0 atom stereocenters. The number of rotatable bonds is 6. The van der Waals surface area contributed by atoms with Crippen LogP contribution in [0.2, 0.25) is 0 Å². The van der Waals surface area contributed by atoms with Gasteiger partial charge in [-0.05, 0) is 37.0 Å². The summed E-state index contributed by atoms with van der Waals surface area (Å²) in [4.78, 5) is 32.2. The van der Waals surface area contributed by atoms with E-state index in [1.807, 2.05) is 24.4 Å². The average molecular weight is 376 g/mol. The van der Waals surface area contributed by atoms with Crippen molar-refractivity contribution >= 4 is 22.7 Å². The van der Waals surface area contributed by atoms with E-state index in [0.717, 1.165) is 37.6 Å². The van der Waals surface area contributed by atoms with Crippen molar-refractivity contribution < 1.29 is 9.59 Å². The lowest BCUT2D eigenvalue weighted by Crippen LogP contribution is -2.33. The first-order valence-corrected chi connectivity index (χ1v) is 9.80. The van der Waals surface area contributed by atoms with E-state index in [-0.39, 0.29) is 17.9 Å². The lowest BCUT2D eigenvalue weighted by Gasteiger charge is -2.12. The van der Waals surface area contributed by atoms with Crippen LogP contribution in [0.1, 0.15) is 52.0 Å². The number of carbonyl (C=O) groups is 2. The number of carbonyl (C=O) groups excluding carboxylic acids is 2. The number of hydrogen-bond acceptors (Lipinski definition) is 3. The summed E-state index contributed by atoms with van der Waals surface area (Å²) in [6.07, 6.45) is 10.1. The number of aromatic nitrogens is 2. The Morgan fingerprint density at radius 1 is 1.07 bits per heavy atom. The molecule has 1 fully saturated rings. The number of aromatic amines is 1. The molecule has 1 saturated carbocycles. The van der Waals surface area contributed by atoms with Gasteiger partial charge in [0.05, 0.1) is 11.1 Å². The fourth-order valence-electron chi connectivity index (χ4n) is 3.78. The quantitative estimate of drug-likeness (QED) is 0.617. The number of para-hydroxylation sites is 1. The lowest BCUT2D eigenvalue weighted by molar-refractivity contribution is 0.0937. The van der Waals surface area contributed by atoms with E-state index in [9.17, 15) is 9.59 Å². The second-order valence-corrected chi connectivity index (χ2v) is 7.28. The molecule has 1 aromatic carbocycles. The van der Waals surface area contributed by atoms with Gasteiger partial charge in [0.25, 0.3) is 11.8 Å². The lowest BCUT2D eigenvalue weighted by atomic mass is 10.1. The van der Waals surface area contributed by atoms with Gasteiger partial charge in [0.2, 0.25) is 0 Å². The van der Waals surface area contributed by atoms with Crippen LogP contribution in [0.5, 0.6) is 0 Å². The zero-order valence-electron chi connectivity index (χ0n) is 15.7. The summed E-state index contributed by atoms with van der Waals surface area (Å²) in [7, 11) is 0. The predicted molar refractivity (Wildman–Crippen MR) is 108 cm³/mol. The molecule has 2 aromatic heterocycles. The van der Waals surface area contributed by atoms with Crippen molar-refractivity contribution in [2.75, 3.05) is 6.54 Å². The van der Waals surface area contributed by atoms with E-state index >= 15 is 0 Å². The van der Waals surface area contributed by atoms with E-state index in [1.54, 1.807) is 6.07 Å². The second-order valence-electron chi connectivity index (χ2n) is 7.28. The minimum Gasteiger partial charge on any atom is -0.361 e. The Kier molecular flexibility index (Phi) is 5.37. The molecule has 1 aliphatic carbocycles. The van der Waals surface area contributed by atoms with Crippen LogP contribution in [0.4, 0.5) is 0 Å². The maximum Gasteiger partial charge on any atom is 0.253 e. The summed E-state index contributed by atoms with van der Waals surface area (Å²) in [6, 6.07) is 9.95. The third kappa shape index (κ3) is 4.06. The molecule has 1 aliphatic rings. The van der Waals surface area contributed by atoms with Crippen LogP contribution in [0.3, 0.4) is 0 Å². The Balaban J connectivity index is 1.34. The number of hydrogen-bond donors (Lipinski definition) is 3. The summed E-state index contributed by atoms with van der Waals surface area (Å²) >= 11 is 0. The van der Waals surface area contributed by atoms with E-state index in [0.29, 0.717) is 17.7 Å². The highest BCUT2D eigenvalue weighted by atomic mass is 16.2. The molecule has 0 aliphatic heterocycles. The van der Waals surface area contributed by atoms with Crippen molar-refractivity contribution in [3.63, 3.8) is 0 Å². The molecule has 0 saturated heterocycles. The van der Waals surface area contributed by atoms with Gasteiger partial charge >= 0.3 is 0 Å². The molecule has 2 heterocycles. The van der Waals surface area contributed by atoms with Gasteiger partial charge in [-0.1, -0.05) is 31.0 Å². The fourth-order valence-corrected chi connectivity index (χ4v) is 3.78. The van der Waals surface area contributed by atoms with Crippen LogP contribution in [0.25, 0.3) is 10.9 Å². The highest BCUT2D eigenvalue weighted by molar-refractivity contribution is 5.99. The SMILES string of the molecule is O=C(NCCc1c[nH]c2ccccc12)c1cncc(C(=O)NC2CCCC2)c1. The van der Waals surface area contributed by atoms with E-state index in [1.165, 1.54) is 23.3 Å². The number of amides is 2. The van der Waals surface area contributed by atoms with Crippen molar-refractivity contribution in [2.24, 2.45) is 0 Å². The minimum absolute atomic E-state index is 0.159. The van der Waals surface area contributed by atoms with Crippen LogP contribution in [-0.2, 0) is 6.42 Å². The Labute approximate surface area is 163 Å². The van der Waals surface area contributed by atoms with Gasteiger partial charge in [-0.2, -0.15) is 0 Å². The molecular formula is C22H24N4O2. The first-order chi connectivity index (χ1) is 13.7. The highest BCUT2D eigenvalue weighted by Gasteiger charge is 2.19. The zero-order valence-corrected chi connectivity index (χ0v) is 15.7. The monoisotopic (exact) mass is 376 g/mol. The third-order valence-corrected chi connectivity index (χ3v) is 5.31. The maximum atomic E-state index is 12.5. The largest absolute Gasteiger partial charge is 0.361 e. The molecule has 3 aromatic rings. The number of nitrogens with zero attached hydrogens (tertiary/aromatic N) is 1. The molecule has 6 nitrogen and oxygen atoms in total. The summed E-state index contributed by atoms with van der Waals surface area (Å²) in [5.41, 5.74) is 3.09. The van der Waals surface area contributed by atoms with Gasteiger partial charge in [-0.3, -0.25) is 14.6 Å². The van der Waals surface area contributed by atoms with Gasteiger partial charge < -0.3 is 15.6 Å². The Morgan fingerprint density at radius 2 is 1.82 bits per heavy atom. The molecule has 0 bridgehead atoms. The summed E-state index contributed by atoms with van der Waals surface area (Å²) < 4.78 is 0. The number of fused-ring (bicyclic) bond motifs is 1. The first-order valence-electron chi connectivity index (χ1n) is 9.80. The standard InChI is InChI=1S/C22H24N4O2/c27-21(24-10-9-15-14-25-20-8-4-3-7-19(15)20)16-11-17(13-23-12-16)22(28)26-18-5-1-2-6-18/h3-4,7-8,11-14,18,25H,1-2,5-6,9-10H2,(H,24,27)(H,26,28). The molecule has 0 radical (unpaired) electrons. The number of H-pyrrole nitrogens is 1. The van der Waals surface area contributed by atoms with Gasteiger partial charge in [0, 0.05) is 42.1 Å². The third-order valence-electron chi connectivity index (χ3n) is 5.31. The summed E-state index contributed by atoms with van der Waals surface area (Å²) in [5, 5.41) is 7.11. The van der Waals surface area contributed by atoms with E-state index in [4.69, 9.17) is 0 Å². The fraction of sp³-hybridized carbons (Fsp3) is 0.318. The highest BCUT2D eigenvalue weighted by Crippen LogP contribution is 2.19. The Morgan fingerprint density at radius 3 is 2.64 bits per heavy atom. The van der Waals surface area contributed by atoms with Crippen LogP contribution in [-0.4, -0.2) is 34.4 Å². The van der Waals surface area contributed by atoms with Crippen LogP contribution in [0.15, 0.2) is 48.9 Å². The van der Waals surface area contributed by atoms with Gasteiger partial charge in [-0.15, -0.1) is 0 Å². The van der Waals surface area contributed by atoms with Gasteiger partial charge in [0.15, 0.2) is 0 Å². The maximum absolute atomic E-state index is 12.5. The number of benzene rings is 1. The Hall–Kier alpha value is -3.15. The number of pyridine rings is 1. The van der Waals surface area contributed by atoms with Crippen molar-refractivity contribution in [2.45, 2.75) is 38.1 Å². The predicted octanol–water partition coefficient (Wildman–Crippen LogP) is 3.21. The molecular weight excluding hydrogens is 352 g/mol. The minimum atomic E-state index is -0.220. The van der Waals surface area contributed by atoms with Crippen molar-refractivity contribution in [1.29, 1.82) is 0 Å². The van der Waals surface area contributed by atoms with Crippen LogP contribution < -0.4 is 10.6 Å². The smallest absolute Gasteiger partial charge is 0.253 e. The topological polar surface area (TPSA) is 86.9 Å². The summed E-state index contributed by atoms with van der Waals surface area (Å²) in [6.45, 7) is 0.513. The van der Waals surface area contributed by atoms with Crippen LogP contribution in [0, 0.1) is 0 Å². The molecule has 144 valence electrons. The molecule has 0 spiro atoms. The average Bonchev–Trinajstić information content (AvgIpc) is 3.38. The van der Waals surface area contributed by atoms with Gasteiger partial charge in [-0.25, -0.2) is 0 Å². The molecule has 6 heteroatoms. The second kappa shape index (κ2) is 8.25.